The number of halogens is 2. The van der Waals surface area contributed by atoms with Gasteiger partial charge in [0.05, 0.1) is 0 Å². The molecule has 6 aromatic carbocycles. The van der Waals surface area contributed by atoms with Gasteiger partial charge in [0.2, 0.25) is 0 Å². The smallest absolute Gasteiger partial charge is 0 e. The molecule has 0 heterocycles. The van der Waals surface area contributed by atoms with Crippen LogP contribution in [0.5, 0.6) is 34.5 Å². The average Bonchev–Trinajstić information content (AvgIpc) is 0.791. The van der Waals surface area contributed by atoms with Crippen LogP contribution in [-0.4, -0.2) is 0 Å². The van der Waals surface area contributed by atoms with Gasteiger partial charge in [-0.1, -0.05) is 322 Å². The van der Waals surface area contributed by atoms with E-state index in [9.17, 15) is 0 Å². The Morgan fingerprint density at radius 2 is 0.312 bits per heavy atom. The normalized spacial score (nSPS) is 13.3. The van der Waals surface area contributed by atoms with Gasteiger partial charge >= 0.3 is 52.2 Å². The molecule has 0 aliphatic carbocycles. The first-order chi connectivity index (χ1) is 42.6. The molecule has 6 nitrogen and oxygen atoms in total. The molecule has 6 aromatic rings. The fraction of sp³-hybridized carbons (Fsp3) is 0.571. The molecule has 96 heavy (non-hydrogen) atoms. The van der Waals surface area contributed by atoms with E-state index in [1.165, 1.54) is 33.4 Å². The summed E-state index contributed by atoms with van der Waals surface area (Å²) in [6.45, 7) is 80.7. The van der Waals surface area contributed by atoms with Gasteiger partial charge in [0.25, 0.3) is 0 Å². The van der Waals surface area contributed by atoms with E-state index in [-0.39, 0.29) is 101 Å². The zero-order chi connectivity index (χ0) is 73.2. The molecule has 0 aliphatic rings. The molecule has 0 spiro atoms. The topological polar surface area (TPSA) is 55.4 Å². The minimum absolute atomic E-state index is 0. The fourth-order valence-electron chi connectivity index (χ4n) is 10.6. The van der Waals surface area contributed by atoms with Gasteiger partial charge in [-0.2, -0.15) is 0 Å². The second-order valence-electron chi connectivity index (χ2n) is 38.3. The first-order valence-corrected chi connectivity index (χ1v) is 40.5. The zero-order valence-corrected chi connectivity index (χ0v) is 72.7. The van der Waals surface area contributed by atoms with E-state index in [1.54, 1.807) is 0 Å². The molecule has 0 aliphatic heterocycles. The maximum Gasteiger partial charge on any atom is 0 e. The Morgan fingerprint density at radius 1 is 0.208 bits per heavy atom. The van der Waals surface area contributed by atoms with E-state index < -0.39 is 17.2 Å². The van der Waals surface area contributed by atoms with Crippen molar-refractivity contribution in [1.29, 1.82) is 0 Å². The van der Waals surface area contributed by atoms with E-state index in [1.807, 2.05) is 0 Å². The summed E-state index contributed by atoms with van der Waals surface area (Å²) in [6.07, 6.45) is 0. The summed E-state index contributed by atoms with van der Waals surface area (Å²) in [4.78, 5) is 0. The van der Waals surface area contributed by atoms with Crippen LogP contribution in [0.3, 0.4) is 0 Å². The van der Waals surface area contributed by atoms with Crippen molar-refractivity contribution in [2.75, 3.05) is 0 Å². The fourth-order valence-corrected chi connectivity index (χ4v) is 12.7. The summed E-state index contributed by atoms with van der Waals surface area (Å²) in [5.41, 5.74) is 13.7. The number of rotatable bonds is 12. The molecular formula is C84H128Cl2O6P2Pd2+. The molecule has 0 radical (unpaired) electrons. The monoisotopic (exact) mass is 1580 g/mol. The van der Waals surface area contributed by atoms with Crippen LogP contribution in [-0.2, 0) is 101 Å². The first-order valence-electron chi connectivity index (χ1n) is 34.0. The van der Waals surface area contributed by atoms with Crippen molar-refractivity contribution in [3.05, 3.63) is 176 Å². The third-order valence-corrected chi connectivity index (χ3v) is 19.0. The molecule has 0 aromatic heterocycles. The van der Waals surface area contributed by atoms with Crippen molar-refractivity contribution in [2.45, 2.75) is 314 Å². The van der Waals surface area contributed by atoms with Crippen LogP contribution in [0.2, 0.25) is 0 Å². The van der Waals surface area contributed by atoms with E-state index >= 15 is 0 Å². The van der Waals surface area contributed by atoms with Crippen molar-refractivity contribution in [2.24, 2.45) is 0 Å². The van der Waals surface area contributed by atoms with Crippen LogP contribution in [0.15, 0.2) is 109 Å². The van der Waals surface area contributed by atoms with Crippen LogP contribution >= 0.6 is 17.2 Å². The van der Waals surface area contributed by atoms with Crippen LogP contribution in [0.1, 0.15) is 316 Å². The molecule has 0 saturated heterocycles. The number of benzene rings is 6. The summed E-state index contributed by atoms with van der Waals surface area (Å²) in [7, 11) is 4.73. The maximum absolute atomic E-state index is 6.90. The van der Waals surface area contributed by atoms with Gasteiger partial charge in [-0.25, -0.2) is 0 Å². The van der Waals surface area contributed by atoms with Gasteiger partial charge in [0.1, 0.15) is 34.5 Å². The first kappa shape index (κ1) is 87.1. The van der Waals surface area contributed by atoms with Gasteiger partial charge in [0, 0.05) is 53.8 Å². The minimum Gasteiger partial charge on any atom is 0 e. The molecule has 543 valence electrons. The van der Waals surface area contributed by atoms with Crippen LogP contribution < -0.4 is 27.1 Å². The van der Waals surface area contributed by atoms with Crippen LogP contribution in [0.4, 0.5) is 0 Å². The van der Waals surface area contributed by atoms with Gasteiger partial charge in [0.15, 0.2) is 0 Å². The molecule has 12 heteroatoms. The molecule has 0 N–H and O–H groups in total. The van der Waals surface area contributed by atoms with E-state index in [0.29, 0.717) is 0 Å². The van der Waals surface area contributed by atoms with E-state index in [2.05, 4.69) is 378 Å². The predicted octanol–water partition coefficient (Wildman–Crippen LogP) is 25.9. The number of hydrogen-bond acceptors (Lipinski definition) is 6. The van der Waals surface area contributed by atoms with Crippen LogP contribution in [0, 0.1) is 19.1 Å². The Hall–Kier alpha value is -3.12. The van der Waals surface area contributed by atoms with Crippen molar-refractivity contribution in [1.82, 2.24) is 0 Å². The standard InChI is InChI=1S/2C42H63O3P.2ClH.2Pd/c2*1-37(2,3)28-19-22-34(31(25-28)40(10,11)12)43-46(44-35-23-20-29(38(4,5)6)26-32(35)41(13,14)15)45-36-24-21-30(39(7,8)9)27-33(36)42(16,17)18;;;;/h2*19-27H,1-18H3;2*1H;;/q;;;;;+1. The van der Waals surface area contributed by atoms with Crippen molar-refractivity contribution >= 4 is 17.2 Å². The predicted molar refractivity (Wildman–Crippen MR) is 403 cm³/mol. The summed E-state index contributed by atoms with van der Waals surface area (Å²) in [5, 5.41) is 0. The van der Waals surface area contributed by atoms with Gasteiger partial charge in [-0.05, 0) is 135 Å². The van der Waals surface area contributed by atoms with Gasteiger partial charge in [-0.3, -0.25) is 0 Å². The summed E-state index contributed by atoms with van der Waals surface area (Å²) >= 11 is 0.117. The van der Waals surface area contributed by atoms with Crippen LogP contribution in [0.25, 0.3) is 0 Å². The molecule has 0 bridgehead atoms. The second kappa shape index (κ2) is 32.1. The molecule has 6 rings (SSSR count). The molecule has 0 fully saturated rings. The van der Waals surface area contributed by atoms with Crippen molar-refractivity contribution in [3.63, 3.8) is 0 Å². The summed E-state index contributed by atoms with van der Waals surface area (Å²) in [6, 6.07) is 39.4. The van der Waals surface area contributed by atoms with Crippen molar-refractivity contribution < 1.29 is 82.6 Å². The van der Waals surface area contributed by atoms with Crippen molar-refractivity contribution in [3.8, 4) is 34.5 Å². The second-order valence-corrected chi connectivity index (χ2v) is 43.1. The zero-order valence-electron chi connectivity index (χ0n) is 66.2. The molecular weight excluding hydrogens is 1450 g/mol. The average molecular weight is 1580 g/mol. The molecule has 0 atom stereocenters. The largest absolute Gasteiger partial charge is 0 e. The number of hydrogen-bond donors (Lipinski definition) is 0. The summed E-state index contributed by atoms with van der Waals surface area (Å²) in [5.74, 6) is 4.74. The molecule has 0 saturated carbocycles. The summed E-state index contributed by atoms with van der Waals surface area (Å²) < 4.78 is 41.4. The van der Waals surface area contributed by atoms with E-state index in [4.69, 9.17) is 27.1 Å². The SMILES string of the molecule is CC(C)(C)c1ccc(OP(Oc2ccc(C(C)(C)C)cc2C(C)(C)C)Oc2ccc(C(C)(C)C)cc2C(C)(C)C)c(C(C)(C)C)c1.CC(C)(C)c1ccc(OP(Oc2ccc(C(C)(C)C)cc2C(C)(C)C)Oc2ccc(C(C)(C)C)cc2C(C)(C)C)c(C(C)(C)C)c1.[ClH+][Pd-][ClH+].[Pd]. The molecule has 0 amide bonds. The Bertz CT molecular complexity index is 2930. The third kappa shape index (κ3) is 25.1. The minimum atomic E-state index is -1.89. The van der Waals surface area contributed by atoms with Gasteiger partial charge in [-0.15, -0.1) is 0 Å². The van der Waals surface area contributed by atoms with E-state index in [0.717, 1.165) is 67.9 Å². The Kier molecular flexibility index (Phi) is 29.1. The third-order valence-electron chi connectivity index (χ3n) is 17.0. The Balaban J connectivity index is 0.000000476. The maximum atomic E-state index is 6.90. The molecule has 0 unspecified atom stereocenters. The van der Waals surface area contributed by atoms with Gasteiger partial charge < -0.3 is 27.1 Å². The quantitative estimate of drug-likeness (QED) is 0.0899. The Labute approximate surface area is 619 Å². The Morgan fingerprint density at radius 3 is 0.396 bits per heavy atom.